The first-order chi connectivity index (χ1) is 12.5. The standard InChI is InChI=1S/C20H23N3O3/c1-23(2)15-8-4-13(5-9-15)21-19(24)17-12-18(17)20(25)22-14-6-10-16(26-3)11-7-14/h4-11,17-18H,12H2,1-3H3,(H,21,24)(H,22,25). The Bertz CT molecular complexity index is 785. The molecule has 6 nitrogen and oxygen atoms in total. The molecule has 26 heavy (non-hydrogen) atoms. The highest BCUT2D eigenvalue weighted by molar-refractivity contribution is 6.03. The number of methoxy groups -OCH3 is 1. The third-order valence-electron chi connectivity index (χ3n) is 4.47. The lowest BCUT2D eigenvalue weighted by atomic mass is 10.2. The van der Waals surface area contributed by atoms with E-state index in [4.69, 9.17) is 4.74 Å². The number of nitrogens with zero attached hydrogens (tertiary/aromatic N) is 1. The summed E-state index contributed by atoms with van der Waals surface area (Å²) in [4.78, 5) is 26.6. The number of ether oxygens (including phenoxy) is 1. The van der Waals surface area contributed by atoms with E-state index in [-0.39, 0.29) is 23.7 Å². The van der Waals surface area contributed by atoms with Gasteiger partial charge in [0.05, 0.1) is 18.9 Å². The lowest BCUT2D eigenvalue weighted by Crippen LogP contribution is -2.20. The van der Waals surface area contributed by atoms with Gasteiger partial charge in [-0.15, -0.1) is 0 Å². The quantitative estimate of drug-likeness (QED) is 0.838. The van der Waals surface area contributed by atoms with Gasteiger partial charge in [0.2, 0.25) is 11.8 Å². The second-order valence-electron chi connectivity index (χ2n) is 6.60. The normalized spacial score (nSPS) is 18.0. The third kappa shape index (κ3) is 4.14. The molecule has 0 bridgehead atoms. The lowest BCUT2D eigenvalue weighted by Gasteiger charge is -2.13. The summed E-state index contributed by atoms with van der Waals surface area (Å²) in [5, 5.41) is 5.72. The Balaban J connectivity index is 1.52. The Morgan fingerprint density at radius 3 is 1.77 bits per heavy atom. The molecule has 0 radical (unpaired) electrons. The van der Waals surface area contributed by atoms with Gasteiger partial charge in [-0.3, -0.25) is 9.59 Å². The van der Waals surface area contributed by atoms with Crippen LogP contribution in [0.3, 0.4) is 0 Å². The highest BCUT2D eigenvalue weighted by atomic mass is 16.5. The van der Waals surface area contributed by atoms with E-state index in [0.29, 0.717) is 12.1 Å². The van der Waals surface area contributed by atoms with Crippen LogP contribution in [-0.4, -0.2) is 33.0 Å². The van der Waals surface area contributed by atoms with E-state index >= 15 is 0 Å². The molecule has 0 aliphatic heterocycles. The Morgan fingerprint density at radius 1 is 0.885 bits per heavy atom. The number of amides is 2. The maximum Gasteiger partial charge on any atom is 0.228 e. The van der Waals surface area contributed by atoms with Gasteiger partial charge in [-0.05, 0) is 55.0 Å². The van der Waals surface area contributed by atoms with E-state index in [0.717, 1.165) is 17.1 Å². The van der Waals surface area contributed by atoms with Gasteiger partial charge in [-0.25, -0.2) is 0 Å². The van der Waals surface area contributed by atoms with Crippen LogP contribution >= 0.6 is 0 Å². The van der Waals surface area contributed by atoms with Gasteiger partial charge in [0.15, 0.2) is 0 Å². The van der Waals surface area contributed by atoms with Crippen molar-refractivity contribution in [1.29, 1.82) is 0 Å². The number of carbonyl (C=O) groups is 2. The summed E-state index contributed by atoms with van der Waals surface area (Å²) in [7, 11) is 5.52. The first-order valence-electron chi connectivity index (χ1n) is 8.51. The van der Waals surface area contributed by atoms with Crippen LogP contribution in [0.5, 0.6) is 5.75 Å². The Labute approximate surface area is 153 Å². The average molecular weight is 353 g/mol. The Kier molecular flexibility index (Phi) is 5.11. The summed E-state index contributed by atoms with van der Waals surface area (Å²) < 4.78 is 5.09. The number of nitrogens with one attached hydrogen (secondary N) is 2. The van der Waals surface area contributed by atoms with Crippen molar-refractivity contribution in [3.05, 3.63) is 48.5 Å². The number of benzene rings is 2. The van der Waals surface area contributed by atoms with Crippen LogP contribution in [0, 0.1) is 11.8 Å². The fourth-order valence-corrected chi connectivity index (χ4v) is 2.76. The molecular formula is C20H23N3O3. The van der Waals surface area contributed by atoms with Crippen molar-refractivity contribution in [3.8, 4) is 5.75 Å². The molecule has 2 aromatic carbocycles. The van der Waals surface area contributed by atoms with Crippen molar-refractivity contribution >= 4 is 28.9 Å². The van der Waals surface area contributed by atoms with Crippen molar-refractivity contribution < 1.29 is 14.3 Å². The fourth-order valence-electron chi connectivity index (χ4n) is 2.76. The molecule has 2 aromatic rings. The molecule has 2 N–H and O–H groups in total. The van der Waals surface area contributed by atoms with E-state index in [9.17, 15) is 9.59 Å². The van der Waals surface area contributed by atoms with Crippen LogP contribution in [0.15, 0.2) is 48.5 Å². The van der Waals surface area contributed by atoms with Crippen LogP contribution in [0.4, 0.5) is 17.1 Å². The largest absolute Gasteiger partial charge is 0.497 e. The summed E-state index contributed by atoms with van der Waals surface area (Å²) in [6.07, 6.45) is 0.573. The molecule has 6 heteroatoms. The zero-order valence-electron chi connectivity index (χ0n) is 15.2. The fraction of sp³-hybridized carbons (Fsp3) is 0.300. The predicted octanol–water partition coefficient (Wildman–Crippen LogP) is 2.97. The molecule has 0 aromatic heterocycles. The SMILES string of the molecule is COc1ccc(NC(=O)C2CC2C(=O)Nc2ccc(N(C)C)cc2)cc1. The highest BCUT2D eigenvalue weighted by Gasteiger charge is 2.48. The minimum absolute atomic E-state index is 0.113. The Morgan fingerprint density at radius 2 is 1.35 bits per heavy atom. The molecule has 1 aliphatic carbocycles. The number of hydrogen-bond acceptors (Lipinski definition) is 4. The number of anilines is 3. The van der Waals surface area contributed by atoms with Crippen LogP contribution in [0.1, 0.15) is 6.42 Å². The lowest BCUT2D eigenvalue weighted by molar-refractivity contribution is -0.122. The Hall–Kier alpha value is -3.02. The number of rotatable bonds is 6. The van der Waals surface area contributed by atoms with Crippen molar-refractivity contribution in [3.63, 3.8) is 0 Å². The molecule has 2 amide bonds. The molecule has 1 fully saturated rings. The third-order valence-corrected chi connectivity index (χ3v) is 4.47. The van der Waals surface area contributed by atoms with Gasteiger partial charge < -0.3 is 20.3 Å². The van der Waals surface area contributed by atoms with Crippen molar-refractivity contribution in [2.24, 2.45) is 11.8 Å². The van der Waals surface area contributed by atoms with Gasteiger partial charge in [0, 0.05) is 31.2 Å². The summed E-state index contributed by atoms with van der Waals surface area (Å²) >= 11 is 0. The topological polar surface area (TPSA) is 70.7 Å². The first-order valence-corrected chi connectivity index (χ1v) is 8.51. The van der Waals surface area contributed by atoms with E-state index in [2.05, 4.69) is 10.6 Å². The maximum absolute atomic E-state index is 12.3. The zero-order chi connectivity index (χ0) is 18.7. The van der Waals surface area contributed by atoms with Crippen LogP contribution in [-0.2, 0) is 9.59 Å². The predicted molar refractivity (Wildman–Crippen MR) is 103 cm³/mol. The van der Waals surface area contributed by atoms with Crippen LogP contribution in [0.25, 0.3) is 0 Å². The molecule has 0 saturated heterocycles. The van der Waals surface area contributed by atoms with Crippen LogP contribution in [0.2, 0.25) is 0 Å². The zero-order valence-corrected chi connectivity index (χ0v) is 15.2. The molecule has 3 rings (SSSR count). The summed E-state index contributed by atoms with van der Waals surface area (Å²) in [6.45, 7) is 0. The van der Waals surface area contributed by atoms with Gasteiger partial charge in [-0.1, -0.05) is 0 Å². The molecule has 1 aliphatic rings. The summed E-state index contributed by atoms with van der Waals surface area (Å²) in [5.74, 6) is -0.0670. The number of hydrogen-bond donors (Lipinski definition) is 2. The molecule has 136 valence electrons. The highest BCUT2D eigenvalue weighted by Crippen LogP contribution is 2.40. The van der Waals surface area contributed by atoms with E-state index in [1.54, 1.807) is 31.4 Å². The van der Waals surface area contributed by atoms with Crippen LogP contribution < -0.4 is 20.3 Å². The average Bonchev–Trinajstić information content (AvgIpc) is 3.44. The summed E-state index contributed by atoms with van der Waals surface area (Å²) in [6, 6.07) is 14.7. The van der Waals surface area contributed by atoms with Crippen molar-refractivity contribution in [1.82, 2.24) is 0 Å². The van der Waals surface area contributed by atoms with Crippen molar-refractivity contribution in [2.45, 2.75) is 6.42 Å². The second kappa shape index (κ2) is 7.47. The molecular weight excluding hydrogens is 330 g/mol. The van der Waals surface area contributed by atoms with Crippen molar-refractivity contribution in [2.75, 3.05) is 36.7 Å². The maximum atomic E-state index is 12.3. The van der Waals surface area contributed by atoms with Gasteiger partial charge in [0.25, 0.3) is 0 Å². The molecule has 0 spiro atoms. The minimum atomic E-state index is -0.279. The molecule has 0 heterocycles. The molecule has 2 unspecified atom stereocenters. The van der Waals surface area contributed by atoms with E-state index < -0.39 is 0 Å². The second-order valence-corrected chi connectivity index (χ2v) is 6.60. The van der Waals surface area contributed by atoms with Gasteiger partial charge in [-0.2, -0.15) is 0 Å². The monoisotopic (exact) mass is 353 g/mol. The van der Waals surface area contributed by atoms with E-state index in [1.807, 2.05) is 43.3 Å². The van der Waals surface area contributed by atoms with E-state index in [1.165, 1.54) is 0 Å². The first kappa shape index (κ1) is 17.8. The minimum Gasteiger partial charge on any atom is -0.497 e. The smallest absolute Gasteiger partial charge is 0.228 e. The van der Waals surface area contributed by atoms with Gasteiger partial charge >= 0.3 is 0 Å². The summed E-state index contributed by atoms with van der Waals surface area (Å²) in [5.41, 5.74) is 2.49. The molecule has 1 saturated carbocycles. The molecule has 2 atom stereocenters. The van der Waals surface area contributed by atoms with Gasteiger partial charge in [0.1, 0.15) is 5.75 Å². The number of carbonyl (C=O) groups excluding carboxylic acids is 2.